The summed E-state index contributed by atoms with van der Waals surface area (Å²) in [6.45, 7) is 0.675. The minimum Gasteiger partial charge on any atom is -0.481 e. The van der Waals surface area contributed by atoms with E-state index in [-0.39, 0.29) is 24.5 Å². The minimum absolute atomic E-state index is 0.0272. The Morgan fingerprint density at radius 1 is 1.23 bits per heavy atom. The second kappa shape index (κ2) is 8.56. The molecule has 1 saturated heterocycles. The Hall–Kier alpha value is -2.76. The molecule has 2 amide bonds. The lowest BCUT2D eigenvalue weighted by Crippen LogP contribution is -2.45. The number of nitrogens with one attached hydrogen (secondary N) is 1. The van der Waals surface area contributed by atoms with Crippen LogP contribution in [-0.4, -0.2) is 34.6 Å². The van der Waals surface area contributed by atoms with Crippen molar-refractivity contribution in [3.05, 3.63) is 60.1 Å². The Morgan fingerprint density at radius 3 is 2.73 bits per heavy atom. The number of likely N-dealkylation sites (tertiary alicyclic amines) is 1. The van der Waals surface area contributed by atoms with E-state index in [4.69, 9.17) is 9.52 Å². The van der Waals surface area contributed by atoms with E-state index in [2.05, 4.69) is 5.32 Å². The van der Waals surface area contributed by atoms with Crippen molar-refractivity contribution in [3.8, 4) is 0 Å². The number of carbonyl (C=O) groups excluding carboxylic acids is 1. The van der Waals surface area contributed by atoms with Crippen molar-refractivity contribution in [3.63, 3.8) is 0 Å². The van der Waals surface area contributed by atoms with E-state index >= 15 is 0 Å². The number of amides is 2. The van der Waals surface area contributed by atoms with E-state index in [1.807, 2.05) is 42.5 Å². The molecule has 2 atom stereocenters. The number of hydrogen-bond donors (Lipinski definition) is 2. The van der Waals surface area contributed by atoms with Crippen LogP contribution in [0.4, 0.5) is 4.79 Å². The first-order chi connectivity index (χ1) is 12.6. The zero-order chi connectivity index (χ0) is 18.4. The molecule has 6 heteroatoms. The van der Waals surface area contributed by atoms with Gasteiger partial charge in [0, 0.05) is 19.0 Å². The molecule has 0 radical (unpaired) electrons. The second-order valence-corrected chi connectivity index (χ2v) is 6.64. The third-order valence-electron chi connectivity index (χ3n) is 4.74. The molecule has 0 bridgehead atoms. The summed E-state index contributed by atoms with van der Waals surface area (Å²) < 4.78 is 5.48. The SMILES string of the molecule is O=C(O)CCC(Cc1ccccc1)NC(=O)N1CCCC1c1ccco1. The van der Waals surface area contributed by atoms with Gasteiger partial charge in [0.1, 0.15) is 5.76 Å². The molecule has 2 heterocycles. The predicted molar refractivity (Wildman–Crippen MR) is 96.7 cm³/mol. The Kier molecular flexibility index (Phi) is 5.94. The summed E-state index contributed by atoms with van der Waals surface area (Å²) >= 11 is 0. The molecular weight excluding hydrogens is 332 g/mol. The molecule has 0 spiro atoms. The van der Waals surface area contributed by atoms with Gasteiger partial charge in [-0.05, 0) is 43.4 Å². The van der Waals surface area contributed by atoms with Crippen LogP contribution >= 0.6 is 0 Å². The first kappa shape index (κ1) is 18.0. The van der Waals surface area contributed by atoms with Crippen LogP contribution in [0.25, 0.3) is 0 Å². The van der Waals surface area contributed by atoms with Gasteiger partial charge < -0.3 is 19.7 Å². The van der Waals surface area contributed by atoms with Gasteiger partial charge in [-0.15, -0.1) is 0 Å². The number of aliphatic carboxylic acids is 1. The number of hydrogen-bond acceptors (Lipinski definition) is 3. The number of benzene rings is 1. The van der Waals surface area contributed by atoms with Gasteiger partial charge in [-0.25, -0.2) is 4.79 Å². The summed E-state index contributed by atoms with van der Waals surface area (Å²) in [5, 5.41) is 12.0. The smallest absolute Gasteiger partial charge is 0.318 e. The lowest BCUT2D eigenvalue weighted by molar-refractivity contribution is -0.137. The van der Waals surface area contributed by atoms with Crippen molar-refractivity contribution < 1.29 is 19.1 Å². The first-order valence-corrected chi connectivity index (χ1v) is 8.99. The number of furan rings is 1. The first-order valence-electron chi connectivity index (χ1n) is 8.99. The molecule has 138 valence electrons. The molecule has 1 fully saturated rings. The highest BCUT2D eigenvalue weighted by Crippen LogP contribution is 2.32. The summed E-state index contributed by atoms with van der Waals surface area (Å²) in [4.78, 5) is 25.6. The fourth-order valence-electron chi connectivity index (χ4n) is 3.47. The highest BCUT2D eigenvalue weighted by Gasteiger charge is 2.32. The summed E-state index contributed by atoms with van der Waals surface area (Å²) in [6.07, 6.45) is 4.46. The second-order valence-electron chi connectivity index (χ2n) is 6.64. The number of carboxylic acid groups (broad SMARTS) is 1. The maximum absolute atomic E-state index is 12.8. The van der Waals surface area contributed by atoms with Crippen LogP contribution in [0.5, 0.6) is 0 Å². The van der Waals surface area contributed by atoms with Crippen LogP contribution in [0.3, 0.4) is 0 Å². The van der Waals surface area contributed by atoms with Gasteiger partial charge in [0.15, 0.2) is 0 Å². The summed E-state index contributed by atoms with van der Waals surface area (Å²) in [5.74, 6) is -0.0604. The quantitative estimate of drug-likeness (QED) is 0.794. The van der Waals surface area contributed by atoms with E-state index in [0.29, 0.717) is 19.4 Å². The van der Waals surface area contributed by atoms with E-state index in [9.17, 15) is 9.59 Å². The molecule has 2 unspecified atom stereocenters. The predicted octanol–water partition coefficient (Wildman–Crippen LogP) is 3.60. The van der Waals surface area contributed by atoms with Gasteiger partial charge in [-0.1, -0.05) is 30.3 Å². The molecule has 2 aromatic rings. The van der Waals surface area contributed by atoms with Crippen LogP contribution in [-0.2, 0) is 11.2 Å². The zero-order valence-electron chi connectivity index (χ0n) is 14.6. The maximum atomic E-state index is 12.8. The third-order valence-corrected chi connectivity index (χ3v) is 4.74. The fourth-order valence-corrected chi connectivity index (χ4v) is 3.47. The van der Waals surface area contributed by atoms with Gasteiger partial charge in [-0.3, -0.25) is 4.79 Å². The lowest BCUT2D eigenvalue weighted by atomic mass is 10.0. The van der Waals surface area contributed by atoms with Gasteiger partial charge in [0.2, 0.25) is 0 Å². The van der Waals surface area contributed by atoms with Gasteiger partial charge in [-0.2, -0.15) is 0 Å². The molecule has 1 aliphatic heterocycles. The van der Waals surface area contributed by atoms with Crippen LogP contribution in [0.15, 0.2) is 53.1 Å². The fraction of sp³-hybridized carbons (Fsp3) is 0.400. The zero-order valence-corrected chi connectivity index (χ0v) is 14.6. The van der Waals surface area contributed by atoms with Crippen molar-refractivity contribution in [2.75, 3.05) is 6.54 Å². The number of carbonyl (C=O) groups is 2. The molecule has 3 rings (SSSR count). The monoisotopic (exact) mass is 356 g/mol. The maximum Gasteiger partial charge on any atom is 0.318 e. The molecular formula is C20H24N2O4. The van der Waals surface area contributed by atoms with Crippen LogP contribution in [0, 0.1) is 0 Å². The number of carboxylic acids is 1. The summed E-state index contributed by atoms with van der Waals surface area (Å²) in [5.41, 5.74) is 1.08. The third kappa shape index (κ3) is 4.65. The average molecular weight is 356 g/mol. The van der Waals surface area contributed by atoms with Crippen molar-refractivity contribution in [1.82, 2.24) is 10.2 Å². The molecule has 6 nitrogen and oxygen atoms in total. The highest BCUT2D eigenvalue weighted by molar-refractivity contribution is 5.75. The minimum atomic E-state index is -0.855. The van der Waals surface area contributed by atoms with Crippen molar-refractivity contribution in [2.45, 2.75) is 44.2 Å². The molecule has 0 saturated carbocycles. The molecule has 1 aromatic heterocycles. The molecule has 1 aromatic carbocycles. The Bertz CT molecular complexity index is 715. The normalized spacial score (nSPS) is 17.8. The standard InChI is InChI=1S/C20H24N2O4/c23-19(24)11-10-16(14-15-6-2-1-3-7-15)21-20(25)22-12-4-8-17(22)18-9-5-13-26-18/h1-3,5-7,9,13,16-17H,4,8,10-12,14H2,(H,21,25)(H,23,24). The van der Waals surface area contributed by atoms with Crippen molar-refractivity contribution in [2.24, 2.45) is 0 Å². The Labute approximate surface area is 152 Å². The molecule has 26 heavy (non-hydrogen) atoms. The summed E-state index contributed by atoms with van der Waals surface area (Å²) in [6, 6.07) is 13.1. The van der Waals surface area contributed by atoms with Crippen LogP contribution < -0.4 is 5.32 Å². The van der Waals surface area contributed by atoms with E-state index in [0.717, 1.165) is 24.2 Å². The number of rotatable bonds is 7. The molecule has 1 aliphatic rings. The Balaban J connectivity index is 1.66. The number of nitrogens with zero attached hydrogens (tertiary/aromatic N) is 1. The van der Waals surface area contributed by atoms with Crippen LogP contribution in [0.2, 0.25) is 0 Å². The topological polar surface area (TPSA) is 82.8 Å². The number of urea groups is 1. The van der Waals surface area contributed by atoms with E-state index in [1.165, 1.54) is 0 Å². The van der Waals surface area contributed by atoms with E-state index < -0.39 is 5.97 Å². The Morgan fingerprint density at radius 2 is 2.04 bits per heavy atom. The van der Waals surface area contributed by atoms with E-state index in [1.54, 1.807) is 11.2 Å². The van der Waals surface area contributed by atoms with Crippen molar-refractivity contribution >= 4 is 12.0 Å². The lowest BCUT2D eigenvalue weighted by Gasteiger charge is -2.27. The van der Waals surface area contributed by atoms with Crippen LogP contribution in [0.1, 0.15) is 43.0 Å². The van der Waals surface area contributed by atoms with Gasteiger partial charge >= 0.3 is 12.0 Å². The summed E-state index contributed by atoms with van der Waals surface area (Å²) in [7, 11) is 0. The van der Waals surface area contributed by atoms with Gasteiger partial charge in [0.25, 0.3) is 0 Å². The largest absolute Gasteiger partial charge is 0.481 e. The molecule has 0 aliphatic carbocycles. The van der Waals surface area contributed by atoms with Crippen molar-refractivity contribution in [1.29, 1.82) is 0 Å². The molecule has 2 N–H and O–H groups in total. The average Bonchev–Trinajstić information content (AvgIpc) is 3.31. The highest BCUT2D eigenvalue weighted by atomic mass is 16.4. The van der Waals surface area contributed by atoms with Gasteiger partial charge in [0.05, 0.1) is 12.3 Å².